The smallest absolute Gasteiger partial charge is 0.287 e. The Labute approximate surface area is 162 Å². The van der Waals surface area contributed by atoms with Crippen molar-refractivity contribution in [2.45, 2.75) is 19.4 Å². The van der Waals surface area contributed by atoms with Gasteiger partial charge in [-0.1, -0.05) is 30.3 Å². The Morgan fingerprint density at radius 2 is 1.64 bits per heavy atom. The van der Waals surface area contributed by atoms with Crippen LogP contribution in [0.2, 0.25) is 0 Å². The van der Waals surface area contributed by atoms with E-state index < -0.39 is 11.9 Å². The molecule has 0 saturated heterocycles. The van der Waals surface area contributed by atoms with Crippen molar-refractivity contribution in [3.8, 4) is 0 Å². The number of Topliss-reactive ketones (excluding diaryl/α,β-unsaturated/α-hetero) is 1. The molecule has 2 N–H and O–H groups in total. The fourth-order valence-corrected chi connectivity index (χ4v) is 2.71. The summed E-state index contributed by atoms with van der Waals surface area (Å²) in [4.78, 5) is 36.6. The molecular weight excluding hydrogens is 356 g/mol. The summed E-state index contributed by atoms with van der Waals surface area (Å²) in [6.45, 7) is 1.48. The number of hydrogen-bond donors (Lipinski definition) is 2. The molecule has 6 nitrogen and oxygen atoms in total. The number of rotatable bonds is 7. The minimum absolute atomic E-state index is 0.0504. The van der Waals surface area contributed by atoms with Gasteiger partial charge >= 0.3 is 0 Å². The van der Waals surface area contributed by atoms with Crippen LogP contribution < -0.4 is 10.6 Å². The van der Waals surface area contributed by atoms with E-state index in [1.165, 1.54) is 19.3 Å². The highest BCUT2D eigenvalue weighted by Gasteiger charge is 2.23. The molecule has 1 aromatic heterocycles. The molecule has 28 heavy (non-hydrogen) atoms. The van der Waals surface area contributed by atoms with Crippen LogP contribution >= 0.6 is 0 Å². The van der Waals surface area contributed by atoms with Gasteiger partial charge in [0.05, 0.1) is 6.26 Å². The Kier molecular flexibility index (Phi) is 6.01. The van der Waals surface area contributed by atoms with E-state index >= 15 is 0 Å². The molecule has 142 valence electrons. The number of furan rings is 1. The monoisotopic (exact) mass is 376 g/mol. The highest BCUT2D eigenvalue weighted by molar-refractivity contribution is 6.00. The lowest BCUT2D eigenvalue weighted by molar-refractivity contribution is -0.118. The van der Waals surface area contributed by atoms with Gasteiger partial charge in [-0.3, -0.25) is 14.4 Å². The minimum atomic E-state index is -0.799. The Balaban J connectivity index is 1.75. The summed E-state index contributed by atoms with van der Waals surface area (Å²) in [6.07, 6.45) is 1.72. The van der Waals surface area contributed by atoms with Crippen LogP contribution in [0.15, 0.2) is 77.4 Å². The predicted molar refractivity (Wildman–Crippen MR) is 105 cm³/mol. The van der Waals surface area contributed by atoms with Gasteiger partial charge in [-0.05, 0) is 48.9 Å². The van der Waals surface area contributed by atoms with Gasteiger partial charge in [-0.15, -0.1) is 0 Å². The first-order valence-corrected chi connectivity index (χ1v) is 8.83. The summed E-state index contributed by atoms with van der Waals surface area (Å²) in [5.74, 6) is -0.741. The van der Waals surface area contributed by atoms with Crippen molar-refractivity contribution in [1.82, 2.24) is 5.32 Å². The van der Waals surface area contributed by atoms with Gasteiger partial charge in [-0.2, -0.15) is 0 Å². The SMILES string of the molecule is CC(=O)c1ccc(NC(=O)[C@@H](Cc2ccccc2)NC(=O)c2ccco2)cc1. The van der Waals surface area contributed by atoms with Crippen LogP contribution in [0.1, 0.15) is 33.4 Å². The molecule has 1 heterocycles. The third-order valence-corrected chi connectivity index (χ3v) is 4.21. The van der Waals surface area contributed by atoms with Gasteiger partial charge in [-0.25, -0.2) is 0 Å². The first-order chi connectivity index (χ1) is 13.5. The van der Waals surface area contributed by atoms with Crippen molar-refractivity contribution in [2.24, 2.45) is 0 Å². The highest BCUT2D eigenvalue weighted by Crippen LogP contribution is 2.12. The molecule has 6 heteroatoms. The van der Waals surface area contributed by atoms with Crippen molar-refractivity contribution < 1.29 is 18.8 Å². The van der Waals surface area contributed by atoms with E-state index in [0.717, 1.165) is 5.56 Å². The Morgan fingerprint density at radius 1 is 0.929 bits per heavy atom. The van der Waals surface area contributed by atoms with E-state index in [1.54, 1.807) is 30.3 Å². The van der Waals surface area contributed by atoms with Crippen LogP contribution in [0.5, 0.6) is 0 Å². The molecule has 2 aromatic carbocycles. The average Bonchev–Trinajstić information content (AvgIpc) is 3.23. The first-order valence-electron chi connectivity index (χ1n) is 8.83. The van der Waals surface area contributed by atoms with Crippen molar-refractivity contribution >= 4 is 23.3 Å². The first kappa shape index (κ1) is 19.1. The summed E-state index contributed by atoms with van der Waals surface area (Å²) in [6, 6.07) is 18.4. The number of carbonyl (C=O) groups excluding carboxylic acids is 3. The average molecular weight is 376 g/mol. The molecule has 0 bridgehead atoms. The Morgan fingerprint density at radius 3 is 2.25 bits per heavy atom. The van der Waals surface area contributed by atoms with Crippen LogP contribution in [-0.4, -0.2) is 23.6 Å². The zero-order valence-corrected chi connectivity index (χ0v) is 15.3. The van der Waals surface area contributed by atoms with E-state index in [2.05, 4.69) is 10.6 Å². The van der Waals surface area contributed by atoms with E-state index in [-0.39, 0.29) is 17.5 Å². The number of benzene rings is 2. The molecule has 0 spiro atoms. The van der Waals surface area contributed by atoms with E-state index in [4.69, 9.17) is 4.42 Å². The third-order valence-electron chi connectivity index (χ3n) is 4.21. The van der Waals surface area contributed by atoms with Crippen LogP contribution in [-0.2, 0) is 11.2 Å². The summed E-state index contributed by atoms with van der Waals surface area (Å²) in [5.41, 5.74) is 2.01. The van der Waals surface area contributed by atoms with Crippen molar-refractivity contribution in [3.05, 3.63) is 89.9 Å². The second kappa shape index (κ2) is 8.81. The minimum Gasteiger partial charge on any atom is -0.459 e. The van der Waals surface area contributed by atoms with Crippen LogP contribution in [0.4, 0.5) is 5.69 Å². The second-order valence-corrected chi connectivity index (χ2v) is 6.32. The maximum Gasteiger partial charge on any atom is 0.287 e. The second-order valence-electron chi connectivity index (χ2n) is 6.32. The van der Waals surface area contributed by atoms with Crippen LogP contribution in [0.3, 0.4) is 0 Å². The standard InChI is InChI=1S/C22H20N2O4/c1-15(25)17-9-11-18(12-10-17)23-21(26)19(14-16-6-3-2-4-7-16)24-22(27)20-8-5-13-28-20/h2-13,19H,14H2,1H3,(H,23,26)(H,24,27)/t19-/m1/s1. The normalized spacial score (nSPS) is 11.5. The molecule has 0 unspecified atom stereocenters. The summed E-state index contributed by atoms with van der Waals surface area (Å²) < 4.78 is 5.10. The van der Waals surface area contributed by atoms with Crippen LogP contribution in [0, 0.1) is 0 Å². The van der Waals surface area contributed by atoms with E-state index in [9.17, 15) is 14.4 Å². The fourth-order valence-electron chi connectivity index (χ4n) is 2.71. The topological polar surface area (TPSA) is 88.4 Å². The molecule has 0 aliphatic carbocycles. The number of nitrogens with one attached hydrogen (secondary N) is 2. The number of amides is 2. The maximum absolute atomic E-state index is 12.8. The number of hydrogen-bond acceptors (Lipinski definition) is 4. The van der Waals surface area contributed by atoms with Crippen molar-refractivity contribution in [1.29, 1.82) is 0 Å². The van der Waals surface area contributed by atoms with Gasteiger partial charge in [0.1, 0.15) is 6.04 Å². The Hall–Kier alpha value is -3.67. The summed E-state index contributed by atoms with van der Waals surface area (Å²) >= 11 is 0. The van der Waals surface area contributed by atoms with Crippen LogP contribution in [0.25, 0.3) is 0 Å². The van der Waals surface area contributed by atoms with E-state index in [1.807, 2.05) is 30.3 Å². The molecule has 0 radical (unpaired) electrons. The zero-order chi connectivity index (χ0) is 19.9. The molecule has 0 fully saturated rings. The summed E-state index contributed by atoms with van der Waals surface area (Å²) in [5, 5.41) is 5.50. The summed E-state index contributed by atoms with van der Waals surface area (Å²) in [7, 11) is 0. The van der Waals surface area contributed by atoms with Gasteiger partial charge in [0.15, 0.2) is 11.5 Å². The largest absolute Gasteiger partial charge is 0.459 e. The predicted octanol–water partition coefficient (Wildman–Crippen LogP) is 3.46. The van der Waals surface area contributed by atoms with Gasteiger partial charge in [0.25, 0.3) is 5.91 Å². The molecule has 0 aliphatic rings. The lowest BCUT2D eigenvalue weighted by atomic mass is 10.0. The van der Waals surface area contributed by atoms with Crippen molar-refractivity contribution in [2.75, 3.05) is 5.32 Å². The molecule has 0 saturated carbocycles. The third kappa shape index (κ3) is 4.94. The molecule has 1 atom stereocenters. The zero-order valence-electron chi connectivity index (χ0n) is 15.3. The molecule has 0 aliphatic heterocycles. The molecular formula is C22H20N2O4. The fraction of sp³-hybridized carbons (Fsp3) is 0.136. The maximum atomic E-state index is 12.8. The van der Waals surface area contributed by atoms with Gasteiger partial charge in [0.2, 0.25) is 5.91 Å². The number of ketones is 1. The highest BCUT2D eigenvalue weighted by atomic mass is 16.3. The molecule has 3 rings (SSSR count). The lowest BCUT2D eigenvalue weighted by Crippen LogP contribution is -2.45. The quantitative estimate of drug-likeness (QED) is 0.618. The van der Waals surface area contributed by atoms with Crippen molar-refractivity contribution in [3.63, 3.8) is 0 Å². The number of carbonyl (C=O) groups is 3. The number of anilines is 1. The van der Waals surface area contributed by atoms with E-state index in [0.29, 0.717) is 17.7 Å². The van der Waals surface area contributed by atoms with Gasteiger partial charge in [0, 0.05) is 17.7 Å². The molecule has 2 amide bonds. The lowest BCUT2D eigenvalue weighted by Gasteiger charge is -2.18. The molecule has 3 aromatic rings. The Bertz CT molecular complexity index is 948. The van der Waals surface area contributed by atoms with Gasteiger partial charge < -0.3 is 15.1 Å².